The van der Waals surface area contributed by atoms with Gasteiger partial charge in [0.2, 0.25) is 0 Å². The number of hydrogen-bond donors (Lipinski definition) is 1. The van der Waals surface area contributed by atoms with E-state index in [-0.39, 0.29) is 25.6 Å². The average Bonchev–Trinajstić information content (AvgIpc) is 2.93. The molecule has 3 aromatic carbocycles. The second kappa shape index (κ2) is 14.5. The zero-order valence-corrected chi connectivity index (χ0v) is 22.8. The van der Waals surface area contributed by atoms with Crippen molar-refractivity contribution < 1.29 is 14.3 Å². The van der Waals surface area contributed by atoms with Gasteiger partial charge in [0.25, 0.3) is 0 Å². The Labute approximate surface area is 228 Å². The van der Waals surface area contributed by atoms with Crippen molar-refractivity contribution in [2.75, 3.05) is 32.1 Å². The van der Waals surface area contributed by atoms with Crippen LogP contribution in [0.2, 0.25) is 0 Å². The Morgan fingerprint density at radius 2 is 1.46 bits per heavy atom. The van der Waals surface area contributed by atoms with Gasteiger partial charge in [-0.2, -0.15) is 13.5 Å². The molecule has 0 aromatic heterocycles. The number of ether oxygens (including phenoxy) is 2. The van der Waals surface area contributed by atoms with Crippen LogP contribution in [0.4, 0.5) is 10.5 Å². The smallest absolute Gasteiger partial charge is 0.409 e. The number of anilines is 1. The maximum absolute atomic E-state index is 12.8. The summed E-state index contributed by atoms with van der Waals surface area (Å²) in [5.41, 5.74) is 3.57. The van der Waals surface area contributed by atoms with E-state index in [1.807, 2.05) is 41.3 Å². The van der Waals surface area contributed by atoms with Gasteiger partial charge in [-0.1, -0.05) is 60.7 Å². The van der Waals surface area contributed by atoms with Gasteiger partial charge in [0.15, 0.2) is 0 Å². The summed E-state index contributed by atoms with van der Waals surface area (Å²) in [5.74, 6) is 0.846. The molecule has 37 heavy (non-hydrogen) atoms. The number of carbonyl (C=O) groups excluding carboxylic acids is 1. The predicted molar refractivity (Wildman–Crippen MR) is 155 cm³/mol. The van der Waals surface area contributed by atoms with E-state index in [4.69, 9.17) is 9.47 Å². The quantitative estimate of drug-likeness (QED) is 0.359. The third-order valence-corrected chi connectivity index (χ3v) is 6.74. The molecule has 1 atom stereocenters. The van der Waals surface area contributed by atoms with Gasteiger partial charge >= 0.3 is 6.09 Å². The van der Waals surface area contributed by atoms with Crippen molar-refractivity contribution in [1.82, 2.24) is 9.80 Å². The highest BCUT2D eigenvalue weighted by Gasteiger charge is 2.25. The fourth-order valence-corrected chi connectivity index (χ4v) is 4.52. The van der Waals surface area contributed by atoms with E-state index in [9.17, 15) is 4.79 Å². The Kier molecular flexibility index (Phi) is 11.2. The maximum Gasteiger partial charge on any atom is 0.409 e. The monoisotopic (exact) mass is 521 g/mol. The molecule has 1 amide bonds. The van der Waals surface area contributed by atoms with E-state index in [1.54, 1.807) is 7.11 Å². The summed E-state index contributed by atoms with van der Waals surface area (Å²) in [6, 6.07) is 29.3. The van der Waals surface area contributed by atoms with Gasteiger partial charge in [-0.05, 0) is 55.2 Å². The zero-order valence-electron chi connectivity index (χ0n) is 21.8. The normalized spacial score (nSPS) is 14.5. The fraction of sp³-hybridized carbons (Fsp3) is 0.367. The first kappa shape index (κ1) is 28.4. The molecule has 3 aromatic rings. The molecule has 0 radical (unpaired) electrons. The lowest BCUT2D eigenvalue weighted by atomic mass is 10.1. The molecular weight excluding hydrogens is 482 g/mol. The van der Waals surface area contributed by atoms with Crippen LogP contribution in [0.3, 0.4) is 0 Å². The van der Waals surface area contributed by atoms with E-state index in [0.29, 0.717) is 25.7 Å². The Hall–Kier alpha value is -3.16. The average molecular weight is 522 g/mol. The molecule has 6 nitrogen and oxygen atoms in total. The van der Waals surface area contributed by atoms with Gasteiger partial charge in [0, 0.05) is 44.0 Å². The van der Waals surface area contributed by atoms with E-state index >= 15 is 0 Å². The lowest BCUT2D eigenvalue weighted by Crippen LogP contribution is -2.44. The summed E-state index contributed by atoms with van der Waals surface area (Å²) in [6.45, 7) is 5.48. The van der Waals surface area contributed by atoms with Crippen molar-refractivity contribution >= 4 is 25.3 Å². The highest BCUT2D eigenvalue weighted by Crippen LogP contribution is 2.20. The number of amides is 1. The molecule has 0 unspecified atom stereocenters. The van der Waals surface area contributed by atoms with Crippen molar-refractivity contribution in [3.8, 4) is 5.75 Å². The van der Waals surface area contributed by atoms with E-state index in [0.717, 1.165) is 37.4 Å². The summed E-state index contributed by atoms with van der Waals surface area (Å²) in [4.78, 5) is 17.0. The second-order valence-electron chi connectivity index (χ2n) is 9.44. The molecule has 1 N–H and O–H groups in total. The van der Waals surface area contributed by atoms with Crippen molar-refractivity contribution in [2.45, 2.75) is 44.9 Å². The summed E-state index contributed by atoms with van der Waals surface area (Å²) in [6.07, 6.45) is 1.57. The Morgan fingerprint density at radius 1 is 0.919 bits per heavy atom. The molecule has 0 bridgehead atoms. The Morgan fingerprint density at radius 3 is 1.97 bits per heavy atom. The van der Waals surface area contributed by atoms with Gasteiger partial charge < -0.3 is 19.7 Å². The van der Waals surface area contributed by atoms with Gasteiger partial charge in [-0.3, -0.25) is 4.90 Å². The third-order valence-electron chi connectivity index (χ3n) is 6.74. The Bertz CT molecular complexity index is 1020. The predicted octanol–water partition coefficient (Wildman–Crippen LogP) is 5.91. The summed E-state index contributed by atoms with van der Waals surface area (Å²) in [5, 5.41) is 3.56. The Balaban J connectivity index is 0.00000380. The molecular formula is C30H39N3O3S. The highest BCUT2D eigenvalue weighted by molar-refractivity contribution is 7.59. The number of piperidine rings is 1. The maximum atomic E-state index is 12.8. The molecule has 7 heteroatoms. The van der Waals surface area contributed by atoms with Crippen LogP contribution < -0.4 is 10.1 Å². The van der Waals surface area contributed by atoms with Crippen LogP contribution >= 0.6 is 13.5 Å². The second-order valence-corrected chi connectivity index (χ2v) is 9.44. The molecule has 0 saturated carbocycles. The molecule has 1 aliphatic heterocycles. The minimum Gasteiger partial charge on any atom is -0.497 e. The van der Waals surface area contributed by atoms with Crippen molar-refractivity contribution in [3.05, 3.63) is 96.1 Å². The first-order valence-corrected chi connectivity index (χ1v) is 12.7. The summed E-state index contributed by atoms with van der Waals surface area (Å²) >= 11 is 0. The number of benzene rings is 3. The van der Waals surface area contributed by atoms with Crippen LogP contribution in [0.1, 0.15) is 30.9 Å². The minimum absolute atomic E-state index is 0. The van der Waals surface area contributed by atoms with Crippen LogP contribution in [-0.2, 0) is 17.8 Å². The van der Waals surface area contributed by atoms with Crippen LogP contribution in [0.15, 0.2) is 84.9 Å². The molecule has 0 spiro atoms. The molecule has 1 aliphatic rings. The van der Waals surface area contributed by atoms with Crippen molar-refractivity contribution in [2.24, 2.45) is 0 Å². The third kappa shape index (κ3) is 8.72. The van der Waals surface area contributed by atoms with Crippen LogP contribution in [0.25, 0.3) is 0 Å². The molecule has 0 aliphatic carbocycles. The van der Waals surface area contributed by atoms with E-state index in [2.05, 4.69) is 65.7 Å². The number of nitrogens with zero attached hydrogens (tertiary/aromatic N) is 2. The zero-order chi connectivity index (χ0) is 25.2. The molecule has 1 saturated heterocycles. The topological polar surface area (TPSA) is 54.0 Å². The number of rotatable bonds is 10. The highest BCUT2D eigenvalue weighted by atomic mass is 32.1. The first-order chi connectivity index (χ1) is 17.6. The standard InChI is InChI=1S/C30H37N3O3.H2S/c1-24(33(21-25-9-5-3-6-10-25)22-26-11-7-4-8-12-26)23-36-30(34)32-19-17-28(18-20-32)31-27-13-15-29(35-2)16-14-27;/h3-16,24,28,31H,17-23H2,1-2H3;1H2/t24-;/m0./s1. The molecule has 1 heterocycles. The molecule has 1 fully saturated rings. The lowest BCUT2D eigenvalue weighted by molar-refractivity contribution is 0.0595. The molecule has 198 valence electrons. The number of carbonyl (C=O) groups is 1. The number of hydrogen-bond acceptors (Lipinski definition) is 5. The summed E-state index contributed by atoms with van der Waals surface area (Å²) < 4.78 is 11.0. The van der Waals surface area contributed by atoms with Crippen LogP contribution in [0, 0.1) is 0 Å². The fourth-order valence-electron chi connectivity index (χ4n) is 4.52. The number of likely N-dealkylation sites (tertiary alicyclic amines) is 1. The minimum atomic E-state index is -0.218. The molecule has 4 rings (SSSR count). The van der Waals surface area contributed by atoms with Gasteiger partial charge in [-0.25, -0.2) is 4.79 Å². The van der Waals surface area contributed by atoms with Crippen molar-refractivity contribution in [1.29, 1.82) is 0 Å². The van der Waals surface area contributed by atoms with Crippen LogP contribution in [0.5, 0.6) is 5.75 Å². The SMILES string of the molecule is COc1ccc(NC2CCN(C(=O)OC[C@H](C)N(Cc3ccccc3)Cc3ccccc3)CC2)cc1.S. The number of nitrogens with one attached hydrogen (secondary N) is 1. The van der Waals surface area contributed by atoms with Gasteiger partial charge in [-0.15, -0.1) is 0 Å². The van der Waals surface area contributed by atoms with Crippen LogP contribution in [-0.4, -0.2) is 54.8 Å². The van der Waals surface area contributed by atoms with E-state index < -0.39 is 0 Å². The van der Waals surface area contributed by atoms with Gasteiger partial charge in [0.05, 0.1) is 7.11 Å². The largest absolute Gasteiger partial charge is 0.497 e. The first-order valence-electron chi connectivity index (χ1n) is 12.7. The van der Waals surface area contributed by atoms with Gasteiger partial charge in [0.1, 0.15) is 12.4 Å². The van der Waals surface area contributed by atoms with Crippen molar-refractivity contribution in [3.63, 3.8) is 0 Å². The number of methoxy groups -OCH3 is 1. The van der Waals surface area contributed by atoms with E-state index in [1.165, 1.54) is 11.1 Å². The lowest BCUT2D eigenvalue weighted by Gasteiger charge is -2.33. The summed E-state index contributed by atoms with van der Waals surface area (Å²) in [7, 11) is 1.67.